The van der Waals surface area contributed by atoms with Crippen LogP contribution >= 0.6 is 0 Å². The highest BCUT2D eigenvalue weighted by Crippen LogP contribution is 2.40. The summed E-state index contributed by atoms with van der Waals surface area (Å²) < 4.78 is 40.7. The van der Waals surface area contributed by atoms with Gasteiger partial charge in [-0.15, -0.1) is 0 Å². The molecule has 6 heteroatoms. The Hall–Kier alpha value is -1.98. The van der Waals surface area contributed by atoms with Gasteiger partial charge in [0.15, 0.2) is 0 Å². The average molecular weight is 267 g/mol. The zero-order valence-corrected chi connectivity index (χ0v) is 10.3. The first-order valence-electron chi connectivity index (χ1n) is 5.95. The molecule has 0 bridgehead atoms. The zero-order chi connectivity index (χ0) is 13.6. The van der Waals surface area contributed by atoms with Crippen molar-refractivity contribution in [3.8, 4) is 11.3 Å². The number of halogens is 3. The van der Waals surface area contributed by atoms with Crippen LogP contribution in [0.3, 0.4) is 0 Å². The standard InChI is InChI=1S/C13H12F3N3/c1-19-12-9(6-7-17-12)11(18-19)8-4-2-3-5-10(8)13(14,15)16/h2-5,17H,6-7H2,1H3. The lowest BCUT2D eigenvalue weighted by Crippen LogP contribution is -2.08. The van der Waals surface area contributed by atoms with E-state index < -0.39 is 11.7 Å². The Balaban J connectivity index is 2.21. The molecule has 0 saturated heterocycles. The van der Waals surface area contributed by atoms with Gasteiger partial charge in [-0.25, -0.2) is 0 Å². The molecule has 0 unspecified atom stereocenters. The highest BCUT2D eigenvalue weighted by atomic mass is 19.4. The molecule has 0 amide bonds. The maximum absolute atomic E-state index is 13.0. The SMILES string of the molecule is Cn1nc(-c2ccccc2C(F)(F)F)c2c1NCC2. The minimum absolute atomic E-state index is 0.149. The van der Waals surface area contributed by atoms with E-state index in [0.717, 1.165) is 24.0 Å². The van der Waals surface area contributed by atoms with Gasteiger partial charge in [0.25, 0.3) is 0 Å². The molecule has 0 spiro atoms. The lowest BCUT2D eigenvalue weighted by Gasteiger charge is -2.11. The fraction of sp³-hybridized carbons (Fsp3) is 0.308. The van der Waals surface area contributed by atoms with Crippen molar-refractivity contribution in [1.82, 2.24) is 9.78 Å². The summed E-state index contributed by atoms with van der Waals surface area (Å²) in [6, 6.07) is 5.57. The average Bonchev–Trinajstić information content (AvgIpc) is 2.93. The first kappa shape index (κ1) is 12.1. The van der Waals surface area contributed by atoms with E-state index in [-0.39, 0.29) is 5.56 Å². The molecule has 2 aromatic rings. The molecule has 0 aliphatic carbocycles. The number of anilines is 1. The van der Waals surface area contributed by atoms with E-state index in [9.17, 15) is 13.2 Å². The minimum atomic E-state index is -4.37. The van der Waals surface area contributed by atoms with Crippen LogP contribution < -0.4 is 5.32 Å². The summed E-state index contributed by atoms with van der Waals surface area (Å²) in [6.45, 7) is 0.738. The number of rotatable bonds is 1. The van der Waals surface area contributed by atoms with E-state index in [1.807, 2.05) is 0 Å². The fourth-order valence-corrected chi connectivity index (χ4v) is 2.48. The predicted molar refractivity (Wildman–Crippen MR) is 65.8 cm³/mol. The van der Waals surface area contributed by atoms with Crippen molar-refractivity contribution < 1.29 is 13.2 Å². The molecule has 0 fully saturated rings. The highest BCUT2D eigenvalue weighted by Gasteiger charge is 2.35. The summed E-state index contributed by atoms with van der Waals surface area (Å²) in [5.74, 6) is 0.812. The summed E-state index contributed by atoms with van der Waals surface area (Å²) in [4.78, 5) is 0. The molecule has 1 aliphatic rings. The van der Waals surface area contributed by atoms with E-state index in [2.05, 4.69) is 10.4 Å². The van der Waals surface area contributed by atoms with Gasteiger partial charge in [-0.2, -0.15) is 18.3 Å². The lowest BCUT2D eigenvalue weighted by molar-refractivity contribution is -0.137. The van der Waals surface area contributed by atoms with Crippen molar-refractivity contribution in [3.05, 3.63) is 35.4 Å². The molecule has 100 valence electrons. The van der Waals surface area contributed by atoms with Gasteiger partial charge in [-0.3, -0.25) is 4.68 Å². The zero-order valence-electron chi connectivity index (χ0n) is 10.3. The number of nitrogens with one attached hydrogen (secondary N) is 1. The van der Waals surface area contributed by atoms with Crippen LogP contribution in [0, 0.1) is 0 Å². The monoisotopic (exact) mass is 267 g/mol. The number of aryl methyl sites for hydroxylation is 1. The van der Waals surface area contributed by atoms with Gasteiger partial charge in [0, 0.05) is 24.7 Å². The van der Waals surface area contributed by atoms with Gasteiger partial charge in [0.05, 0.1) is 11.3 Å². The molecule has 0 radical (unpaired) electrons. The molecule has 0 saturated carbocycles. The van der Waals surface area contributed by atoms with Crippen LogP contribution in [0.25, 0.3) is 11.3 Å². The molecule has 3 nitrogen and oxygen atoms in total. The fourth-order valence-electron chi connectivity index (χ4n) is 2.48. The van der Waals surface area contributed by atoms with E-state index in [1.165, 1.54) is 12.1 Å². The number of benzene rings is 1. The third-order valence-corrected chi connectivity index (χ3v) is 3.30. The molecular weight excluding hydrogens is 255 g/mol. The second-order valence-corrected chi connectivity index (χ2v) is 4.52. The van der Waals surface area contributed by atoms with Crippen LogP contribution in [-0.4, -0.2) is 16.3 Å². The first-order chi connectivity index (χ1) is 8.98. The second-order valence-electron chi connectivity index (χ2n) is 4.52. The molecule has 19 heavy (non-hydrogen) atoms. The molecule has 1 N–H and O–H groups in total. The summed E-state index contributed by atoms with van der Waals surface area (Å²) in [5.41, 5.74) is 0.799. The summed E-state index contributed by atoms with van der Waals surface area (Å²) in [7, 11) is 1.73. The Morgan fingerprint density at radius 1 is 1.26 bits per heavy atom. The van der Waals surface area contributed by atoms with Crippen LogP contribution in [0.2, 0.25) is 0 Å². The normalized spacial score (nSPS) is 14.3. The third kappa shape index (κ3) is 1.87. The van der Waals surface area contributed by atoms with E-state index in [0.29, 0.717) is 12.1 Å². The Morgan fingerprint density at radius 2 is 2.00 bits per heavy atom. The third-order valence-electron chi connectivity index (χ3n) is 3.30. The Morgan fingerprint density at radius 3 is 2.74 bits per heavy atom. The Labute approximate surface area is 108 Å². The van der Waals surface area contributed by atoms with Crippen molar-refractivity contribution >= 4 is 5.82 Å². The second kappa shape index (κ2) is 4.01. The quantitative estimate of drug-likeness (QED) is 0.860. The molecule has 1 aromatic heterocycles. The minimum Gasteiger partial charge on any atom is -0.370 e. The van der Waals surface area contributed by atoms with E-state index in [1.54, 1.807) is 17.8 Å². The molecular formula is C13H12F3N3. The van der Waals surface area contributed by atoms with Crippen LogP contribution in [0.1, 0.15) is 11.1 Å². The predicted octanol–water partition coefficient (Wildman–Crippen LogP) is 3.07. The number of hydrogen-bond donors (Lipinski definition) is 1. The van der Waals surface area contributed by atoms with Crippen LogP contribution in [-0.2, 0) is 19.6 Å². The molecule has 1 aromatic carbocycles. The van der Waals surface area contributed by atoms with Crippen LogP contribution in [0.4, 0.5) is 19.0 Å². The van der Waals surface area contributed by atoms with Crippen LogP contribution in [0.5, 0.6) is 0 Å². The van der Waals surface area contributed by atoms with Gasteiger partial charge < -0.3 is 5.32 Å². The number of nitrogens with zero attached hydrogens (tertiary/aromatic N) is 2. The number of aromatic nitrogens is 2. The van der Waals surface area contributed by atoms with Crippen LogP contribution in [0.15, 0.2) is 24.3 Å². The van der Waals surface area contributed by atoms with Gasteiger partial charge in [0.1, 0.15) is 5.82 Å². The van der Waals surface area contributed by atoms with Gasteiger partial charge in [0.2, 0.25) is 0 Å². The van der Waals surface area contributed by atoms with Gasteiger partial charge in [-0.1, -0.05) is 18.2 Å². The van der Waals surface area contributed by atoms with E-state index >= 15 is 0 Å². The van der Waals surface area contributed by atoms with Crippen molar-refractivity contribution in [2.45, 2.75) is 12.6 Å². The van der Waals surface area contributed by atoms with Crippen molar-refractivity contribution in [1.29, 1.82) is 0 Å². The number of hydrogen-bond acceptors (Lipinski definition) is 2. The largest absolute Gasteiger partial charge is 0.417 e. The first-order valence-corrected chi connectivity index (χ1v) is 5.95. The summed E-state index contributed by atoms with van der Waals surface area (Å²) in [6.07, 6.45) is -3.67. The topological polar surface area (TPSA) is 29.9 Å². The Bertz CT molecular complexity index is 629. The van der Waals surface area contributed by atoms with Gasteiger partial charge in [-0.05, 0) is 12.5 Å². The summed E-state index contributed by atoms with van der Waals surface area (Å²) >= 11 is 0. The summed E-state index contributed by atoms with van der Waals surface area (Å²) in [5, 5.41) is 7.37. The van der Waals surface area contributed by atoms with Crippen molar-refractivity contribution in [2.24, 2.45) is 7.05 Å². The number of alkyl halides is 3. The maximum atomic E-state index is 13.0. The molecule has 3 rings (SSSR count). The molecule has 2 heterocycles. The van der Waals surface area contributed by atoms with Crippen molar-refractivity contribution in [2.75, 3.05) is 11.9 Å². The maximum Gasteiger partial charge on any atom is 0.417 e. The lowest BCUT2D eigenvalue weighted by atomic mass is 10.0. The van der Waals surface area contributed by atoms with Crippen molar-refractivity contribution in [3.63, 3.8) is 0 Å². The smallest absolute Gasteiger partial charge is 0.370 e. The van der Waals surface area contributed by atoms with Gasteiger partial charge >= 0.3 is 6.18 Å². The Kier molecular flexibility index (Phi) is 2.55. The molecule has 0 atom stereocenters. The molecule has 1 aliphatic heterocycles. The highest BCUT2D eigenvalue weighted by molar-refractivity contribution is 5.74. The van der Waals surface area contributed by atoms with E-state index in [4.69, 9.17) is 0 Å². The number of fused-ring (bicyclic) bond motifs is 1.